The quantitative estimate of drug-likeness (QED) is 0.675. The third-order valence-corrected chi connectivity index (χ3v) is 6.07. The number of sulfonamides is 1. The van der Waals surface area contributed by atoms with E-state index in [1.165, 1.54) is 19.2 Å². The second-order valence-electron chi connectivity index (χ2n) is 5.28. The molecule has 0 amide bonds. The van der Waals surface area contributed by atoms with E-state index >= 15 is 0 Å². The van der Waals surface area contributed by atoms with Crippen LogP contribution in [0.25, 0.3) is 0 Å². The number of aliphatic hydroxyl groups excluding tert-OH is 1. The first-order valence-corrected chi connectivity index (χ1v) is 8.89. The van der Waals surface area contributed by atoms with Crippen molar-refractivity contribution in [2.24, 2.45) is 0 Å². The van der Waals surface area contributed by atoms with Crippen molar-refractivity contribution in [1.29, 1.82) is 0 Å². The van der Waals surface area contributed by atoms with Crippen molar-refractivity contribution in [1.82, 2.24) is 4.72 Å². The van der Waals surface area contributed by atoms with Gasteiger partial charge in [-0.3, -0.25) is 0 Å². The summed E-state index contributed by atoms with van der Waals surface area (Å²) in [4.78, 5) is -0.0228. The zero-order valence-electron chi connectivity index (χ0n) is 11.7. The Bertz CT molecular complexity index is 627. The molecule has 6 nitrogen and oxygen atoms in total. The number of methoxy groups -OCH3 is 1. The molecule has 1 aromatic carbocycles. The Morgan fingerprint density at radius 1 is 1.43 bits per heavy atom. The van der Waals surface area contributed by atoms with Gasteiger partial charge in [0.1, 0.15) is 10.6 Å². The van der Waals surface area contributed by atoms with Crippen molar-refractivity contribution >= 4 is 31.6 Å². The Labute approximate surface area is 132 Å². The van der Waals surface area contributed by atoms with Gasteiger partial charge in [0.05, 0.1) is 19.3 Å². The highest BCUT2D eigenvalue weighted by molar-refractivity contribution is 9.10. The van der Waals surface area contributed by atoms with Crippen LogP contribution >= 0.6 is 15.9 Å². The number of nitrogens with one attached hydrogen (secondary N) is 1. The lowest BCUT2D eigenvalue weighted by Gasteiger charge is -2.28. The molecule has 1 aliphatic rings. The predicted octanol–water partition coefficient (Wildman–Crippen LogP) is 1.62. The summed E-state index contributed by atoms with van der Waals surface area (Å²) in [6.45, 7) is -0.222. The fraction of sp³-hybridized carbons (Fsp3) is 0.538. The van der Waals surface area contributed by atoms with E-state index in [0.717, 1.165) is 12.8 Å². The average molecular weight is 379 g/mol. The monoisotopic (exact) mass is 378 g/mol. The van der Waals surface area contributed by atoms with Gasteiger partial charge in [-0.1, -0.05) is 12.8 Å². The van der Waals surface area contributed by atoms with Gasteiger partial charge < -0.3 is 15.6 Å². The van der Waals surface area contributed by atoms with Crippen molar-refractivity contribution in [2.45, 2.75) is 36.1 Å². The lowest BCUT2D eigenvalue weighted by molar-refractivity contribution is 0.185. The van der Waals surface area contributed by atoms with E-state index in [2.05, 4.69) is 20.7 Å². The lowest BCUT2D eigenvalue weighted by atomic mass is 10.0. The number of nitrogen functional groups attached to an aromatic ring is 1. The van der Waals surface area contributed by atoms with E-state index in [0.29, 0.717) is 23.0 Å². The molecule has 0 unspecified atom stereocenters. The Morgan fingerprint density at radius 2 is 2.05 bits per heavy atom. The van der Waals surface area contributed by atoms with Gasteiger partial charge in [0, 0.05) is 10.2 Å². The normalized spacial score (nSPS) is 17.9. The molecule has 0 atom stereocenters. The van der Waals surface area contributed by atoms with Gasteiger partial charge in [0.25, 0.3) is 0 Å². The summed E-state index contributed by atoms with van der Waals surface area (Å²) < 4.78 is 33.6. The summed E-state index contributed by atoms with van der Waals surface area (Å²) in [5.41, 5.74) is 5.29. The maximum Gasteiger partial charge on any atom is 0.244 e. The van der Waals surface area contributed by atoms with Crippen molar-refractivity contribution in [3.05, 3.63) is 16.6 Å². The van der Waals surface area contributed by atoms with Crippen LogP contribution in [0.15, 0.2) is 21.5 Å². The molecule has 1 aromatic rings. The van der Waals surface area contributed by atoms with E-state index in [4.69, 9.17) is 10.5 Å². The predicted molar refractivity (Wildman–Crippen MR) is 83.7 cm³/mol. The van der Waals surface area contributed by atoms with Crippen LogP contribution in [-0.2, 0) is 10.0 Å². The summed E-state index contributed by atoms with van der Waals surface area (Å²) in [5.74, 6) is 0.203. The Balaban J connectivity index is 2.42. The highest BCUT2D eigenvalue weighted by Gasteiger charge is 2.38. The number of benzene rings is 1. The number of hydrogen-bond donors (Lipinski definition) is 3. The van der Waals surface area contributed by atoms with Gasteiger partial charge in [0.15, 0.2) is 0 Å². The summed E-state index contributed by atoms with van der Waals surface area (Å²) >= 11 is 3.24. The van der Waals surface area contributed by atoms with Gasteiger partial charge >= 0.3 is 0 Å². The molecular formula is C13H19BrN2O4S. The maximum atomic E-state index is 12.6. The van der Waals surface area contributed by atoms with Crippen LogP contribution in [0.3, 0.4) is 0 Å². The molecule has 1 saturated carbocycles. The van der Waals surface area contributed by atoms with Crippen LogP contribution in [0, 0.1) is 0 Å². The second-order valence-corrected chi connectivity index (χ2v) is 7.78. The van der Waals surface area contributed by atoms with Crippen LogP contribution in [0.2, 0.25) is 0 Å². The minimum Gasteiger partial charge on any atom is -0.495 e. The first-order valence-electron chi connectivity index (χ1n) is 6.61. The molecule has 1 fully saturated rings. The molecule has 4 N–H and O–H groups in total. The molecule has 8 heteroatoms. The topological polar surface area (TPSA) is 102 Å². The fourth-order valence-corrected chi connectivity index (χ4v) is 4.56. The van der Waals surface area contributed by atoms with Gasteiger partial charge in [0.2, 0.25) is 10.0 Å². The van der Waals surface area contributed by atoms with E-state index in [9.17, 15) is 13.5 Å². The van der Waals surface area contributed by atoms with E-state index in [-0.39, 0.29) is 17.3 Å². The number of anilines is 1. The molecule has 0 radical (unpaired) electrons. The SMILES string of the molecule is COc1cc(Br)c(N)cc1S(=O)(=O)NC1(CO)CCCC1. The number of hydrogen-bond acceptors (Lipinski definition) is 5. The number of ether oxygens (including phenoxy) is 1. The van der Waals surface area contributed by atoms with Crippen LogP contribution in [-0.4, -0.2) is 32.8 Å². The number of nitrogens with two attached hydrogens (primary N) is 1. The highest BCUT2D eigenvalue weighted by atomic mass is 79.9. The zero-order valence-corrected chi connectivity index (χ0v) is 14.1. The zero-order chi connectivity index (χ0) is 15.7. The number of halogens is 1. The lowest BCUT2D eigenvalue weighted by Crippen LogP contribution is -2.49. The van der Waals surface area contributed by atoms with Gasteiger partial charge in [-0.15, -0.1) is 0 Å². The molecule has 2 rings (SSSR count). The summed E-state index contributed by atoms with van der Waals surface area (Å²) in [6.07, 6.45) is 3.03. The van der Waals surface area contributed by atoms with Crippen molar-refractivity contribution in [3.8, 4) is 5.75 Å². The Morgan fingerprint density at radius 3 is 2.57 bits per heavy atom. The van der Waals surface area contributed by atoms with Gasteiger partial charge in [-0.05, 0) is 40.9 Å². The third-order valence-electron chi connectivity index (χ3n) is 3.79. The fourth-order valence-electron chi connectivity index (χ4n) is 2.60. The van der Waals surface area contributed by atoms with Gasteiger partial charge in [-0.25, -0.2) is 13.1 Å². The van der Waals surface area contributed by atoms with Gasteiger partial charge in [-0.2, -0.15) is 0 Å². The minimum absolute atomic E-state index is 0.0228. The minimum atomic E-state index is -3.83. The van der Waals surface area contributed by atoms with Crippen molar-refractivity contribution in [3.63, 3.8) is 0 Å². The smallest absolute Gasteiger partial charge is 0.244 e. The Hall–Kier alpha value is -0.830. The van der Waals surface area contributed by atoms with Crippen molar-refractivity contribution < 1.29 is 18.3 Å². The average Bonchev–Trinajstić information content (AvgIpc) is 2.89. The van der Waals surface area contributed by atoms with Crippen LogP contribution in [0.5, 0.6) is 5.75 Å². The molecule has 0 aliphatic heterocycles. The van der Waals surface area contributed by atoms with E-state index in [1.54, 1.807) is 0 Å². The van der Waals surface area contributed by atoms with E-state index in [1.807, 2.05) is 0 Å². The third kappa shape index (κ3) is 3.33. The Kier molecular flexibility index (Phi) is 4.82. The molecule has 0 aromatic heterocycles. The molecule has 0 heterocycles. The molecule has 118 valence electrons. The van der Waals surface area contributed by atoms with E-state index < -0.39 is 15.6 Å². The largest absolute Gasteiger partial charge is 0.495 e. The standard InChI is InChI=1S/C13H19BrN2O4S/c1-20-11-6-9(14)10(15)7-12(11)21(18,19)16-13(8-17)4-2-3-5-13/h6-7,16-17H,2-5,8,15H2,1H3. The van der Waals surface area contributed by atoms with Crippen molar-refractivity contribution in [2.75, 3.05) is 19.5 Å². The maximum absolute atomic E-state index is 12.6. The summed E-state index contributed by atoms with van der Waals surface area (Å²) in [6, 6.07) is 2.87. The molecular weight excluding hydrogens is 360 g/mol. The first-order chi connectivity index (χ1) is 9.83. The highest BCUT2D eigenvalue weighted by Crippen LogP contribution is 2.35. The summed E-state index contributed by atoms with van der Waals surface area (Å²) in [5, 5.41) is 9.56. The second kappa shape index (κ2) is 6.12. The number of rotatable bonds is 5. The molecule has 0 spiro atoms. The molecule has 21 heavy (non-hydrogen) atoms. The van der Waals surface area contributed by atoms with Crippen LogP contribution < -0.4 is 15.2 Å². The summed E-state index contributed by atoms with van der Waals surface area (Å²) in [7, 11) is -2.43. The van der Waals surface area contributed by atoms with Crippen LogP contribution in [0.4, 0.5) is 5.69 Å². The molecule has 0 bridgehead atoms. The first kappa shape index (κ1) is 16.5. The van der Waals surface area contributed by atoms with Crippen LogP contribution in [0.1, 0.15) is 25.7 Å². The number of aliphatic hydroxyl groups is 1. The molecule has 1 aliphatic carbocycles. The molecule has 0 saturated heterocycles.